The van der Waals surface area contributed by atoms with E-state index in [1.165, 1.54) is 10.4 Å². The maximum atomic E-state index is 11.0. The zero-order valence-electron chi connectivity index (χ0n) is 10.9. The van der Waals surface area contributed by atoms with Gasteiger partial charge in [0.2, 0.25) is 0 Å². The molecule has 100 valence electrons. The minimum atomic E-state index is -0.316. The molecule has 1 atom stereocenters. The van der Waals surface area contributed by atoms with Crippen LogP contribution in [0.1, 0.15) is 22.0 Å². The Labute approximate surface area is 116 Å². The van der Waals surface area contributed by atoms with Crippen LogP contribution in [0.25, 0.3) is 0 Å². The number of nitrogens with one attached hydrogen (secondary N) is 1. The van der Waals surface area contributed by atoms with Gasteiger partial charge in [-0.15, -0.1) is 11.3 Å². The molecular formula is C14H16N2O2S. The summed E-state index contributed by atoms with van der Waals surface area (Å²) >= 11 is 1.68. The minimum Gasteiger partial charge on any atom is -0.312 e. The molecule has 0 saturated heterocycles. The third-order valence-corrected chi connectivity index (χ3v) is 4.31. The number of likely N-dealkylation sites (N-methyl/N-ethyl adjacent to an activating group) is 1. The fourth-order valence-electron chi connectivity index (χ4n) is 2.15. The van der Waals surface area contributed by atoms with Crippen LogP contribution in [0.2, 0.25) is 0 Å². The van der Waals surface area contributed by atoms with E-state index in [4.69, 9.17) is 0 Å². The largest absolute Gasteiger partial charge is 0.312 e. The highest BCUT2D eigenvalue weighted by molar-refractivity contribution is 7.10. The Morgan fingerprint density at radius 1 is 1.37 bits per heavy atom. The molecule has 0 aliphatic carbocycles. The van der Waals surface area contributed by atoms with Crippen LogP contribution < -0.4 is 5.32 Å². The fourth-order valence-corrected chi connectivity index (χ4v) is 3.19. The standard InChI is InChI=1S/C14H16N2O2S/c1-10-7-8-19-14(10)12(15-2)9-11-5-3-4-6-13(11)16(17)18/h3-8,12,15H,9H2,1-2H3. The van der Waals surface area contributed by atoms with Gasteiger partial charge in [-0.05, 0) is 37.4 Å². The summed E-state index contributed by atoms with van der Waals surface area (Å²) in [6, 6.07) is 9.11. The molecule has 1 aromatic carbocycles. The second kappa shape index (κ2) is 5.95. The van der Waals surface area contributed by atoms with Crippen molar-refractivity contribution >= 4 is 17.0 Å². The molecule has 0 saturated carbocycles. The molecule has 0 fully saturated rings. The van der Waals surface area contributed by atoms with Gasteiger partial charge in [0.15, 0.2) is 0 Å². The molecule has 1 unspecified atom stereocenters. The lowest BCUT2D eigenvalue weighted by Gasteiger charge is -2.16. The lowest BCUT2D eigenvalue weighted by molar-refractivity contribution is -0.385. The van der Waals surface area contributed by atoms with Crippen molar-refractivity contribution in [2.24, 2.45) is 0 Å². The molecule has 4 nitrogen and oxygen atoms in total. The first-order valence-electron chi connectivity index (χ1n) is 6.07. The Bertz CT molecular complexity index is 580. The molecule has 0 spiro atoms. The van der Waals surface area contributed by atoms with Gasteiger partial charge in [0.1, 0.15) is 0 Å². The topological polar surface area (TPSA) is 55.2 Å². The van der Waals surface area contributed by atoms with Crippen molar-refractivity contribution in [1.82, 2.24) is 5.32 Å². The molecule has 5 heteroatoms. The van der Waals surface area contributed by atoms with E-state index in [-0.39, 0.29) is 16.7 Å². The Morgan fingerprint density at radius 2 is 2.11 bits per heavy atom. The summed E-state index contributed by atoms with van der Waals surface area (Å²) < 4.78 is 0. The van der Waals surface area contributed by atoms with Gasteiger partial charge in [-0.2, -0.15) is 0 Å². The summed E-state index contributed by atoms with van der Waals surface area (Å²) in [6.07, 6.45) is 0.620. The number of nitro benzene ring substituents is 1. The third-order valence-electron chi connectivity index (χ3n) is 3.18. The smallest absolute Gasteiger partial charge is 0.272 e. The average Bonchev–Trinajstić information content (AvgIpc) is 2.82. The number of nitrogens with zero attached hydrogens (tertiary/aromatic N) is 1. The Kier molecular flexibility index (Phi) is 4.29. The second-order valence-electron chi connectivity index (χ2n) is 4.40. The number of benzene rings is 1. The van der Waals surface area contributed by atoms with Crippen LogP contribution in [0.4, 0.5) is 5.69 Å². The molecule has 1 heterocycles. The van der Waals surface area contributed by atoms with Gasteiger partial charge in [0.05, 0.1) is 4.92 Å². The third kappa shape index (κ3) is 3.00. The van der Waals surface area contributed by atoms with Crippen molar-refractivity contribution in [3.63, 3.8) is 0 Å². The van der Waals surface area contributed by atoms with Gasteiger partial charge in [-0.1, -0.05) is 18.2 Å². The summed E-state index contributed by atoms with van der Waals surface area (Å²) in [6.45, 7) is 2.07. The highest BCUT2D eigenvalue weighted by Crippen LogP contribution is 2.29. The average molecular weight is 276 g/mol. The molecule has 0 amide bonds. The SMILES string of the molecule is CNC(Cc1ccccc1[N+](=O)[O-])c1sccc1C. The molecule has 0 radical (unpaired) electrons. The van der Waals surface area contributed by atoms with E-state index in [0.29, 0.717) is 6.42 Å². The lowest BCUT2D eigenvalue weighted by atomic mass is 10.0. The first kappa shape index (κ1) is 13.7. The number of hydrogen-bond donors (Lipinski definition) is 1. The maximum absolute atomic E-state index is 11.0. The Morgan fingerprint density at radius 3 is 2.68 bits per heavy atom. The van der Waals surface area contributed by atoms with Crippen LogP contribution in [-0.2, 0) is 6.42 Å². The molecule has 1 aromatic heterocycles. The summed E-state index contributed by atoms with van der Waals surface area (Å²) in [5.74, 6) is 0. The molecule has 1 N–H and O–H groups in total. The van der Waals surface area contributed by atoms with Crippen molar-refractivity contribution < 1.29 is 4.92 Å². The van der Waals surface area contributed by atoms with E-state index in [0.717, 1.165) is 5.56 Å². The van der Waals surface area contributed by atoms with Crippen molar-refractivity contribution in [2.45, 2.75) is 19.4 Å². The predicted octanol–water partition coefficient (Wildman–Crippen LogP) is 3.47. The zero-order valence-corrected chi connectivity index (χ0v) is 11.7. The van der Waals surface area contributed by atoms with Gasteiger partial charge in [-0.3, -0.25) is 10.1 Å². The highest BCUT2D eigenvalue weighted by atomic mass is 32.1. The van der Waals surface area contributed by atoms with Crippen molar-refractivity contribution in [2.75, 3.05) is 7.05 Å². The summed E-state index contributed by atoms with van der Waals surface area (Å²) in [7, 11) is 1.89. The summed E-state index contributed by atoms with van der Waals surface area (Å²) in [4.78, 5) is 12.0. The number of thiophene rings is 1. The molecule has 0 bridgehead atoms. The Balaban J connectivity index is 2.29. The number of rotatable bonds is 5. The van der Waals surface area contributed by atoms with Crippen LogP contribution >= 0.6 is 11.3 Å². The molecule has 19 heavy (non-hydrogen) atoms. The van der Waals surface area contributed by atoms with Crippen molar-refractivity contribution in [1.29, 1.82) is 0 Å². The van der Waals surface area contributed by atoms with Crippen LogP contribution in [-0.4, -0.2) is 12.0 Å². The van der Waals surface area contributed by atoms with Gasteiger partial charge in [-0.25, -0.2) is 0 Å². The Hall–Kier alpha value is -1.72. The van der Waals surface area contributed by atoms with E-state index >= 15 is 0 Å². The maximum Gasteiger partial charge on any atom is 0.272 e. The fraction of sp³-hybridized carbons (Fsp3) is 0.286. The summed E-state index contributed by atoms with van der Waals surface area (Å²) in [5, 5.41) is 16.3. The normalized spacial score (nSPS) is 12.3. The van der Waals surface area contributed by atoms with Crippen LogP contribution in [0.3, 0.4) is 0 Å². The zero-order chi connectivity index (χ0) is 13.8. The number of hydrogen-bond acceptors (Lipinski definition) is 4. The van der Waals surface area contributed by atoms with E-state index in [1.807, 2.05) is 19.2 Å². The van der Waals surface area contributed by atoms with E-state index < -0.39 is 0 Å². The first-order valence-corrected chi connectivity index (χ1v) is 6.95. The molecular weight excluding hydrogens is 260 g/mol. The van der Waals surface area contributed by atoms with Gasteiger partial charge in [0.25, 0.3) is 5.69 Å². The molecule has 2 rings (SSSR count). The minimum absolute atomic E-state index is 0.112. The highest BCUT2D eigenvalue weighted by Gasteiger charge is 2.19. The van der Waals surface area contributed by atoms with Crippen LogP contribution in [0.5, 0.6) is 0 Å². The monoisotopic (exact) mass is 276 g/mol. The van der Waals surface area contributed by atoms with Gasteiger partial charge in [0, 0.05) is 22.5 Å². The van der Waals surface area contributed by atoms with Crippen molar-refractivity contribution in [3.8, 4) is 0 Å². The number of aryl methyl sites for hydroxylation is 1. The van der Waals surface area contributed by atoms with Crippen LogP contribution in [0, 0.1) is 17.0 Å². The van der Waals surface area contributed by atoms with E-state index in [9.17, 15) is 10.1 Å². The van der Waals surface area contributed by atoms with E-state index in [2.05, 4.69) is 23.7 Å². The quantitative estimate of drug-likeness (QED) is 0.672. The molecule has 0 aliphatic rings. The van der Waals surface area contributed by atoms with Crippen LogP contribution in [0.15, 0.2) is 35.7 Å². The molecule has 2 aromatic rings. The first-order chi connectivity index (χ1) is 9.13. The second-order valence-corrected chi connectivity index (χ2v) is 5.35. The van der Waals surface area contributed by atoms with Gasteiger partial charge >= 0.3 is 0 Å². The van der Waals surface area contributed by atoms with E-state index in [1.54, 1.807) is 23.5 Å². The molecule has 0 aliphatic heterocycles. The van der Waals surface area contributed by atoms with Gasteiger partial charge < -0.3 is 5.32 Å². The predicted molar refractivity (Wildman–Crippen MR) is 77.7 cm³/mol. The lowest BCUT2D eigenvalue weighted by Crippen LogP contribution is -2.19. The van der Waals surface area contributed by atoms with Crippen molar-refractivity contribution in [3.05, 3.63) is 61.8 Å². The summed E-state index contributed by atoms with van der Waals surface area (Å²) in [5.41, 5.74) is 2.18. The number of nitro groups is 1. The number of para-hydroxylation sites is 1.